The highest BCUT2D eigenvalue weighted by Gasteiger charge is 2.45. The van der Waals surface area contributed by atoms with Gasteiger partial charge in [0.25, 0.3) is 5.91 Å². The minimum absolute atomic E-state index is 0.00449. The molecule has 2 unspecified atom stereocenters. The maximum absolute atomic E-state index is 13.4. The molecule has 0 bridgehead atoms. The molecule has 8 amide bonds. The number of hydrogen-bond donors (Lipinski definition) is 8. The van der Waals surface area contributed by atoms with Crippen LogP contribution in [0.15, 0.2) is 18.2 Å². The number of nitrogens with one attached hydrogen (secondary N) is 7. The number of benzene rings is 1. The molecule has 3 heterocycles. The fraction of sp³-hybridized carbons (Fsp3) is 0.634. The average Bonchev–Trinajstić information content (AvgIpc) is 3.72. The van der Waals surface area contributed by atoms with Crippen molar-refractivity contribution in [3.05, 3.63) is 29.3 Å². The first-order chi connectivity index (χ1) is 29.0. The van der Waals surface area contributed by atoms with E-state index in [9.17, 15) is 48.7 Å². The lowest BCUT2D eigenvalue weighted by molar-refractivity contribution is -0.139. The van der Waals surface area contributed by atoms with Crippen molar-refractivity contribution >= 4 is 52.9 Å². The summed E-state index contributed by atoms with van der Waals surface area (Å²) in [6.07, 6.45) is -0.227. The van der Waals surface area contributed by atoms with Crippen LogP contribution in [0.25, 0.3) is 0 Å². The first-order valence-corrected chi connectivity index (χ1v) is 20.8. The van der Waals surface area contributed by atoms with Crippen molar-refractivity contribution in [2.75, 3.05) is 44.8 Å². The number of hydrogen-bond acceptors (Lipinski definition) is 13. The molecule has 3 aliphatic heterocycles. The fourth-order valence-corrected chi connectivity index (χ4v) is 7.29. The number of nitriles is 1. The molecule has 0 radical (unpaired) electrons. The van der Waals surface area contributed by atoms with Crippen LogP contribution in [-0.4, -0.2) is 127 Å². The van der Waals surface area contributed by atoms with Crippen molar-refractivity contribution in [3.63, 3.8) is 0 Å². The Morgan fingerprint density at radius 2 is 1.62 bits per heavy atom. The SMILES string of the molecule is CC(C)C[C@H](NC(=O)[C@@H](NC(=O)[C@H](C)NC(=O)CCOCCOCCNc1cccc2c1C(=O)N(C1CCC(=O)NC1=O)C2O)C(C)C)C(=O)N[C@H](C#N)C[C@@H]1CCNC1=O. The molecule has 2 fully saturated rings. The van der Waals surface area contributed by atoms with Crippen molar-refractivity contribution in [1.29, 1.82) is 5.26 Å². The van der Waals surface area contributed by atoms with Gasteiger partial charge in [0.1, 0.15) is 30.2 Å². The molecule has 0 saturated carbocycles. The largest absolute Gasteiger partial charge is 0.382 e. The third-order valence-electron chi connectivity index (χ3n) is 10.6. The van der Waals surface area contributed by atoms with Crippen LogP contribution in [0.1, 0.15) is 95.3 Å². The van der Waals surface area contributed by atoms with Crippen molar-refractivity contribution < 1.29 is 52.9 Å². The zero-order valence-electron chi connectivity index (χ0n) is 35.3. The van der Waals surface area contributed by atoms with Crippen LogP contribution >= 0.6 is 0 Å². The summed E-state index contributed by atoms with van der Waals surface area (Å²) >= 11 is 0. The number of imide groups is 1. The summed E-state index contributed by atoms with van der Waals surface area (Å²) in [6.45, 7) is 10.1. The number of rotatable bonds is 23. The summed E-state index contributed by atoms with van der Waals surface area (Å²) in [5.41, 5.74) is 1.05. The molecule has 0 aliphatic carbocycles. The smallest absolute Gasteiger partial charge is 0.259 e. The van der Waals surface area contributed by atoms with Crippen LogP contribution < -0.4 is 37.2 Å². The van der Waals surface area contributed by atoms with Gasteiger partial charge in [0, 0.05) is 43.1 Å². The zero-order valence-corrected chi connectivity index (χ0v) is 35.3. The van der Waals surface area contributed by atoms with Crippen molar-refractivity contribution in [2.24, 2.45) is 17.8 Å². The van der Waals surface area contributed by atoms with Gasteiger partial charge in [0.15, 0.2) is 6.23 Å². The summed E-state index contributed by atoms with van der Waals surface area (Å²) in [5, 5.41) is 39.2. The van der Waals surface area contributed by atoms with Gasteiger partial charge in [-0.05, 0) is 50.5 Å². The minimum atomic E-state index is -1.33. The van der Waals surface area contributed by atoms with E-state index in [1.165, 1.54) is 6.92 Å². The number of anilines is 1. The van der Waals surface area contributed by atoms with E-state index in [0.29, 0.717) is 30.8 Å². The lowest BCUT2D eigenvalue weighted by atomic mass is 9.97. The molecule has 334 valence electrons. The molecule has 20 heteroatoms. The number of carbonyl (C=O) groups is 8. The molecule has 8 N–H and O–H groups in total. The maximum atomic E-state index is 13.4. The van der Waals surface area contributed by atoms with E-state index >= 15 is 0 Å². The molecule has 0 spiro atoms. The molecule has 61 heavy (non-hydrogen) atoms. The number of fused-ring (bicyclic) bond motifs is 1. The van der Waals surface area contributed by atoms with Crippen molar-refractivity contribution in [3.8, 4) is 6.07 Å². The van der Waals surface area contributed by atoms with E-state index in [1.807, 2.05) is 19.9 Å². The molecule has 1 aromatic carbocycles. The predicted octanol–water partition coefficient (Wildman–Crippen LogP) is -0.515. The minimum Gasteiger partial charge on any atom is -0.382 e. The van der Waals surface area contributed by atoms with E-state index in [-0.39, 0.29) is 87.8 Å². The third-order valence-corrected chi connectivity index (χ3v) is 10.6. The Hall–Kier alpha value is -5.65. The summed E-state index contributed by atoms with van der Waals surface area (Å²) in [6, 6.07) is 2.05. The monoisotopic (exact) mass is 853 g/mol. The Morgan fingerprint density at radius 3 is 2.26 bits per heavy atom. The van der Waals surface area contributed by atoms with Crippen LogP contribution in [0.3, 0.4) is 0 Å². The highest BCUT2D eigenvalue weighted by Crippen LogP contribution is 2.38. The van der Waals surface area contributed by atoms with Gasteiger partial charge in [-0.25, -0.2) is 0 Å². The Balaban J connectivity index is 1.13. The third kappa shape index (κ3) is 13.4. The Morgan fingerprint density at radius 1 is 0.902 bits per heavy atom. The summed E-state index contributed by atoms with van der Waals surface area (Å²) < 4.78 is 11.1. The average molecular weight is 854 g/mol. The van der Waals surface area contributed by atoms with Crippen LogP contribution in [0, 0.1) is 29.1 Å². The molecule has 20 nitrogen and oxygen atoms in total. The van der Waals surface area contributed by atoms with Crippen LogP contribution in [0.5, 0.6) is 0 Å². The van der Waals surface area contributed by atoms with Crippen LogP contribution in [0.2, 0.25) is 0 Å². The van der Waals surface area contributed by atoms with E-state index in [0.717, 1.165) is 4.90 Å². The molecule has 3 aliphatic rings. The van der Waals surface area contributed by atoms with Crippen LogP contribution in [0.4, 0.5) is 5.69 Å². The second-order valence-corrected chi connectivity index (χ2v) is 16.1. The van der Waals surface area contributed by atoms with Gasteiger partial charge in [-0.15, -0.1) is 0 Å². The van der Waals surface area contributed by atoms with Crippen LogP contribution in [-0.2, 0) is 43.0 Å². The highest BCUT2D eigenvalue weighted by atomic mass is 16.5. The first-order valence-electron chi connectivity index (χ1n) is 20.8. The number of nitrogens with zero attached hydrogens (tertiary/aromatic N) is 2. The first kappa shape index (κ1) is 48.0. The Bertz CT molecular complexity index is 1830. The normalized spacial score (nSPS) is 20.5. The van der Waals surface area contributed by atoms with Gasteiger partial charge in [-0.3, -0.25) is 48.6 Å². The Kier molecular flexibility index (Phi) is 18.0. The number of piperidine rings is 1. The quantitative estimate of drug-likeness (QED) is 0.0509. The molecule has 7 atom stereocenters. The zero-order chi connectivity index (χ0) is 44.8. The number of aliphatic hydroxyl groups is 1. The standard InChI is InChI=1S/C41H59N9O11/c1-22(2)19-29(37(55)46-26(21-42)20-25-11-13-44-36(25)54)47-39(57)34(23(3)4)49-35(53)24(5)45-32(52)12-15-60-17-18-61-16-14-43-28-8-6-7-27-33(28)41(59)50(40(27)58)30-9-10-31(51)48-38(30)56/h6-8,22-26,29-30,34,40,43,58H,9-20H2,1-5H3,(H,44,54)(H,45,52)(H,46,55)(H,47,57)(H,49,53)(H,48,51,56)/t24-,25-,26-,29-,30?,34-,40?/m0/s1. The molecule has 0 aromatic heterocycles. The van der Waals surface area contributed by atoms with E-state index in [2.05, 4.69) is 37.2 Å². The number of aliphatic hydroxyl groups excluding tert-OH is 1. The Labute approximate surface area is 355 Å². The number of carbonyl (C=O) groups excluding carboxylic acids is 8. The van der Waals surface area contributed by atoms with E-state index in [4.69, 9.17) is 9.47 Å². The summed E-state index contributed by atoms with van der Waals surface area (Å²) in [5.74, 6) is -4.75. The molecule has 2 saturated heterocycles. The second-order valence-electron chi connectivity index (χ2n) is 16.1. The molecular weight excluding hydrogens is 795 g/mol. The molecule has 4 rings (SSSR count). The van der Waals surface area contributed by atoms with Gasteiger partial charge in [0.2, 0.25) is 41.4 Å². The number of ether oxygens (including phenoxy) is 2. The summed E-state index contributed by atoms with van der Waals surface area (Å²) in [7, 11) is 0. The van der Waals surface area contributed by atoms with Gasteiger partial charge in [-0.1, -0.05) is 39.8 Å². The van der Waals surface area contributed by atoms with Gasteiger partial charge in [0.05, 0.1) is 38.1 Å². The molecular formula is C41H59N9O11. The molecule has 1 aromatic rings. The lowest BCUT2D eigenvalue weighted by Crippen LogP contribution is -2.58. The highest BCUT2D eigenvalue weighted by molar-refractivity contribution is 6.08. The topological polar surface area (TPSA) is 286 Å². The van der Waals surface area contributed by atoms with Crippen molar-refractivity contribution in [1.82, 2.24) is 36.8 Å². The maximum Gasteiger partial charge on any atom is 0.259 e. The van der Waals surface area contributed by atoms with E-state index in [1.54, 1.807) is 32.0 Å². The predicted molar refractivity (Wildman–Crippen MR) is 218 cm³/mol. The van der Waals surface area contributed by atoms with Gasteiger partial charge >= 0.3 is 0 Å². The van der Waals surface area contributed by atoms with Crippen molar-refractivity contribution in [2.45, 2.75) is 110 Å². The number of amides is 8. The van der Waals surface area contributed by atoms with Gasteiger partial charge < -0.3 is 46.5 Å². The van der Waals surface area contributed by atoms with Gasteiger partial charge in [-0.2, -0.15) is 5.26 Å². The summed E-state index contributed by atoms with van der Waals surface area (Å²) in [4.78, 5) is 103. The lowest BCUT2D eigenvalue weighted by Gasteiger charge is -2.31. The fourth-order valence-electron chi connectivity index (χ4n) is 7.29. The van der Waals surface area contributed by atoms with E-state index < -0.39 is 77.8 Å². The second kappa shape index (κ2) is 22.8.